The van der Waals surface area contributed by atoms with E-state index in [1.54, 1.807) is 14.0 Å². The van der Waals surface area contributed by atoms with Gasteiger partial charge in [0, 0.05) is 45.8 Å². The highest BCUT2D eigenvalue weighted by molar-refractivity contribution is 7.47. The van der Waals surface area contributed by atoms with E-state index in [1.165, 1.54) is 14.3 Å². The molecule has 2 heterocycles. The number of phosphoric acid groups is 1. The minimum atomic E-state index is -4.37. The predicted molar refractivity (Wildman–Crippen MR) is 96.2 cm³/mol. The lowest BCUT2D eigenvalue weighted by atomic mass is 9.49. The Bertz CT molecular complexity index is 501. The second-order valence-electron chi connectivity index (χ2n) is 6.68. The van der Waals surface area contributed by atoms with Gasteiger partial charge in [-0.05, 0) is 0 Å². The summed E-state index contributed by atoms with van der Waals surface area (Å²) in [6.07, 6.45) is -2.14. The van der Waals surface area contributed by atoms with Crippen molar-refractivity contribution < 1.29 is 37.5 Å². The van der Waals surface area contributed by atoms with E-state index < -0.39 is 32.1 Å². The van der Waals surface area contributed by atoms with Crippen LogP contribution >= 0.6 is 7.82 Å². The van der Waals surface area contributed by atoms with Crippen LogP contribution in [0.15, 0.2) is 0 Å². The van der Waals surface area contributed by atoms with Gasteiger partial charge in [-0.25, -0.2) is 4.57 Å². The molecule has 3 unspecified atom stereocenters. The van der Waals surface area contributed by atoms with E-state index in [0.717, 1.165) is 0 Å². The van der Waals surface area contributed by atoms with Crippen molar-refractivity contribution in [2.24, 2.45) is 11.8 Å². The van der Waals surface area contributed by atoms with Crippen LogP contribution in [-0.4, -0.2) is 91.5 Å². The first-order chi connectivity index (χ1) is 12.2. The summed E-state index contributed by atoms with van der Waals surface area (Å²) in [6.45, 7) is 3.70. The Labute approximate surface area is 158 Å². The number of rotatable bonds is 9. The molecule has 26 heavy (non-hydrogen) atoms. The predicted octanol–water partition coefficient (Wildman–Crippen LogP) is -0.172. The highest BCUT2D eigenvalue weighted by Gasteiger charge is 2.46. The molecule has 12 heteroatoms. The molecule has 0 amide bonds. The SMILES string of the molecule is [B][B][C@@H]1O[C@H](COP(=O)(O)O[C@@H]2C(C)[C@H]([B])O[C@@H]2COC)[C@H](OC)C1C. The quantitative estimate of drug-likeness (QED) is 0.432. The number of phosphoric ester groups is 1. The fourth-order valence-electron chi connectivity index (χ4n) is 3.39. The van der Waals surface area contributed by atoms with Crippen LogP contribution in [0.3, 0.4) is 0 Å². The molecule has 0 aromatic rings. The summed E-state index contributed by atoms with van der Waals surface area (Å²) in [5.74, 6) is -0.310. The molecule has 1 N–H and O–H groups in total. The van der Waals surface area contributed by atoms with Crippen molar-refractivity contribution in [3.63, 3.8) is 0 Å². The molecule has 0 bridgehead atoms. The van der Waals surface area contributed by atoms with E-state index in [0.29, 0.717) is 0 Å². The van der Waals surface area contributed by atoms with E-state index in [4.69, 9.17) is 43.6 Å². The molecule has 143 valence electrons. The van der Waals surface area contributed by atoms with Crippen LogP contribution in [0.1, 0.15) is 13.8 Å². The van der Waals surface area contributed by atoms with Crippen LogP contribution in [0.4, 0.5) is 0 Å². The van der Waals surface area contributed by atoms with Gasteiger partial charge in [-0.2, -0.15) is 0 Å². The zero-order chi connectivity index (χ0) is 19.5. The van der Waals surface area contributed by atoms with Crippen molar-refractivity contribution in [1.29, 1.82) is 0 Å². The maximum atomic E-state index is 12.4. The van der Waals surface area contributed by atoms with Gasteiger partial charge in [0.05, 0.1) is 26.5 Å². The first-order valence-electron chi connectivity index (χ1n) is 8.53. The minimum absolute atomic E-state index is 0.00932. The maximum Gasteiger partial charge on any atom is 0.472 e. The van der Waals surface area contributed by atoms with Crippen molar-refractivity contribution in [3.8, 4) is 0 Å². The van der Waals surface area contributed by atoms with Crippen LogP contribution in [0.5, 0.6) is 0 Å². The fraction of sp³-hybridized carbons (Fsp3) is 1.00. The summed E-state index contributed by atoms with van der Waals surface area (Å²) in [5, 5.41) is 0. The Morgan fingerprint density at radius 3 is 2.35 bits per heavy atom. The Hall–Kier alpha value is 0.145. The zero-order valence-electron chi connectivity index (χ0n) is 15.5. The van der Waals surface area contributed by atoms with E-state index in [1.807, 2.05) is 6.92 Å². The smallest absolute Gasteiger partial charge is 0.382 e. The average Bonchev–Trinajstić information content (AvgIpc) is 3.04. The molecular weight excluding hydrogens is 360 g/mol. The lowest BCUT2D eigenvalue weighted by Gasteiger charge is -2.25. The molecule has 2 aliphatic heterocycles. The molecule has 0 saturated carbocycles. The van der Waals surface area contributed by atoms with E-state index in [-0.39, 0.29) is 37.2 Å². The minimum Gasteiger partial charge on any atom is -0.382 e. The highest BCUT2D eigenvalue weighted by atomic mass is 31.2. The molecule has 2 rings (SSSR count). The van der Waals surface area contributed by atoms with Gasteiger partial charge in [0.15, 0.2) is 0 Å². The second kappa shape index (κ2) is 9.57. The Kier molecular flexibility index (Phi) is 8.25. The topological polar surface area (TPSA) is 92.7 Å². The highest BCUT2D eigenvalue weighted by Crippen LogP contribution is 2.49. The van der Waals surface area contributed by atoms with E-state index in [9.17, 15) is 9.46 Å². The van der Waals surface area contributed by atoms with Crippen LogP contribution in [0.2, 0.25) is 0 Å². The Balaban J connectivity index is 1.95. The van der Waals surface area contributed by atoms with Gasteiger partial charge in [0.2, 0.25) is 0 Å². The molecule has 0 spiro atoms. The van der Waals surface area contributed by atoms with Crippen molar-refractivity contribution >= 4 is 30.6 Å². The van der Waals surface area contributed by atoms with Gasteiger partial charge in [0.25, 0.3) is 0 Å². The summed E-state index contributed by atoms with van der Waals surface area (Å²) in [7, 11) is 11.5. The van der Waals surface area contributed by atoms with Crippen LogP contribution < -0.4 is 0 Å². The molecule has 0 aromatic heterocycles. The summed E-state index contributed by atoms with van der Waals surface area (Å²) >= 11 is 0. The van der Waals surface area contributed by atoms with Crippen LogP contribution in [0.25, 0.3) is 0 Å². The van der Waals surface area contributed by atoms with Gasteiger partial charge in [-0.15, -0.1) is 0 Å². The molecule has 2 saturated heterocycles. The lowest BCUT2D eigenvalue weighted by molar-refractivity contribution is -0.0389. The third-order valence-corrected chi connectivity index (χ3v) is 5.90. The van der Waals surface area contributed by atoms with Crippen molar-refractivity contribution in [3.05, 3.63) is 0 Å². The number of ether oxygens (including phenoxy) is 4. The van der Waals surface area contributed by atoms with Gasteiger partial charge in [-0.1, -0.05) is 13.8 Å². The van der Waals surface area contributed by atoms with Gasteiger partial charge >= 0.3 is 7.82 Å². The van der Waals surface area contributed by atoms with Crippen LogP contribution in [0, 0.1) is 11.8 Å². The second-order valence-corrected chi connectivity index (χ2v) is 8.09. The van der Waals surface area contributed by atoms with Gasteiger partial charge < -0.3 is 23.8 Å². The molecule has 2 fully saturated rings. The first-order valence-corrected chi connectivity index (χ1v) is 10.0. The molecular formula is C14H25B3O8P. The number of hydrogen-bond acceptors (Lipinski definition) is 7. The normalized spacial score (nSPS) is 42.7. The number of methoxy groups -OCH3 is 2. The summed E-state index contributed by atoms with van der Waals surface area (Å²) < 4.78 is 44.5. The molecule has 0 aromatic carbocycles. The van der Waals surface area contributed by atoms with Crippen molar-refractivity contribution in [2.75, 3.05) is 27.4 Å². The average molecular weight is 385 g/mol. The van der Waals surface area contributed by atoms with E-state index >= 15 is 0 Å². The summed E-state index contributed by atoms with van der Waals surface area (Å²) in [5.41, 5.74) is 0. The molecule has 9 atom stereocenters. The molecule has 8 nitrogen and oxygen atoms in total. The number of hydrogen-bond donors (Lipinski definition) is 1. The first kappa shape index (κ1) is 22.4. The summed E-state index contributed by atoms with van der Waals surface area (Å²) in [4.78, 5) is 10.1. The largest absolute Gasteiger partial charge is 0.472 e. The zero-order valence-corrected chi connectivity index (χ0v) is 16.4. The monoisotopic (exact) mass is 385 g/mol. The lowest BCUT2D eigenvalue weighted by Crippen LogP contribution is -2.33. The maximum absolute atomic E-state index is 12.4. The Morgan fingerprint density at radius 2 is 1.77 bits per heavy atom. The summed E-state index contributed by atoms with van der Waals surface area (Å²) in [6, 6.07) is -0.933. The van der Waals surface area contributed by atoms with Crippen molar-refractivity contribution in [2.45, 2.75) is 50.3 Å². The van der Waals surface area contributed by atoms with Crippen molar-refractivity contribution in [1.82, 2.24) is 0 Å². The third-order valence-electron chi connectivity index (χ3n) is 4.92. The molecule has 0 aliphatic carbocycles. The fourth-order valence-corrected chi connectivity index (χ4v) is 4.42. The standard InChI is InChI=1S/C14H25B3O8P/c1-7-12(9(5-20-3)23-13(7)15)25-26(18,19)22-6-10-11(21-4)8(2)14(17-16)24-10/h7-14H,5-6H2,1-4H3,(H,18,19)/t7?,8?,9-,10-,11-,12-,13-,14-/m1/s1. The van der Waals surface area contributed by atoms with Gasteiger partial charge in [0.1, 0.15) is 26.2 Å². The van der Waals surface area contributed by atoms with E-state index in [2.05, 4.69) is 0 Å². The third kappa shape index (κ3) is 5.14. The Morgan fingerprint density at radius 1 is 1.12 bits per heavy atom. The molecule has 5 radical (unpaired) electrons. The van der Waals surface area contributed by atoms with Gasteiger partial charge in [-0.3, -0.25) is 9.05 Å². The molecule has 2 aliphatic rings. The van der Waals surface area contributed by atoms with Crippen LogP contribution in [-0.2, 0) is 32.6 Å².